The van der Waals surface area contributed by atoms with Crippen LogP contribution < -0.4 is 0 Å². The van der Waals surface area contributed by atoms with Crippen LogP contribution in [0.25, 0.3) is 0 Å². The number of hydrogen-bond acceptors (Lipinski definition) is 3. The molecule has 5 heteroatoms. The first kappa shape index (κ1) is 13.6. The summed E-state index contributed by atoms with van der Waals surface area (Å²) in [5.74, 6) is -0.0164. The minimum absolute atomic E-state index is 0.0177. The van der Waals surface area contributed by atoms with Crippen LogP contribution in [-0.4, -0.2) is 28.3 Å². The van der Waals surface area contributed by atoms with E-state index in [4.69, 9.17) is 16.3 Å². The highest BCUT2D eigenvalue weighted by molar-refractivity contribution is 6.33. The Bertz CT molecular complexity index is 442. The zero-order valence-electron chi connectivity index (χ0n) is 11.0. The van der Waals surface area contributed by atoms with Gasteiger partial charge in [0.15, 0.2) is 5.78 Å². The van der Waals surface area contributed by atoms with Gasteiger partial charge in [-0.3, -0.25) is 9.48 Å². The highest BCUT2D eigenvalue weighted by Gasteiger charge is 2.36. The molecule has 1 aliphatic rings. The van der Waals surface area contributed by atoms with Crippen LogP contribution in [0.15, 0.2) is 6.20 Å². The third kappa shape index (κ3) is 2.31. The highest BCUT2D eigenvalue weighted by atomic mass is 35.5. The summed E-state index contributed by atoms with van der Waals surface area (Å²) >= 11 is 6.11. The Morgan fingerprint density at radius 1 is 1.67 bits per heavy atom. The molecule has 1 aromatic heterocycles. The molecule has 0 radical (unpaired) electrons. The predicted octanol–water partition coefficient (Wildman–Crippen LogP) is 3.12. The fourth-order valence-electron chi connectivity index (χ4n) is 2.49. The number of ether oxygens (including phenoxy) is 1. The summed E-state index contributed by atoms with van der Waals surface area (Å²) in [4.78, 5) is 12.6. The van der Waals surface area contributed by atoms with E-state index >= 15 is 0 Å². The van der Waals surface area contributed by atoms with Gasteiger partial charge < -0.3 is 4.74 Å². The molecule has 1 saturated heterocycles. The van der Waals surface area contributed by atoms with Crippen molar-refractivity contribution in [1.82, 2.24) is 9.78 Å². The molecule has 100 valence electrons. The van der Waals surface area contributed by atoms with Crippen LogP contribution in [0.2, 0.25) is 5.02 Å². The Labute approximate surface area is 112 Å². The monoisotopic (exact) mass is 270 g/mol. The molecule has 2 unspecified atom stereocenters. The number of carbonyl (C=O) groups excluding carboxylic acids is 1. The molecule has 2 atom stereocenters. The Kier molecular flexibility index (Phi) is 4.07. The molecule has 0 saturated carbocycles. The molecule has 4 nitrogen and oxygen atoms in total. The van der Waals surface area contributed by atoms with E-state index < -0.39 is 0 Å². The summed E-state index contributed by atoms with van der Waals surface area (Å²) in [6.45, 7) is 6.67. The third-order valence-corrected chi connectivity index (χ3v) is 3.70. The van der Waals surface area contributed by atoms with Gasteiger partial charge in [-0.25, -0.2) is 0 Å². The molecule has 2 rings (SSSR count). The average molecular weight is 271 g/mol. The highest BCUT2D eigenvalue weighted by Crippen LogP contribution is 2.30. The van der Waals surface area contributed by atoms with Gasteiger partial charge >= 0.3 is 0 Å². The molecule has 18 heavy (non-hydrogen) atoms. The minimum Gasteiger partial charge on any atom is -0.377 e. The molecule has 1 fully saturated rings. The number of aromatic nitrogens is 2. The molecule has 1 aromatic rings. The summed E-state index contributed by atoms with van der Waals surface area (Å²) in [7, 11) is 0. The van der Waals surface area contributed by atoms with E-state index in [0.29, 0.717) is 17.3 Å². The van der Waals surface area contributed by atoms with E-state index in [1.165, 1.54) is 0 Å². The fraction of sp³-hybridized carbons (Fsp3) is 0.692. The molecular formula is C13H19ClN2O2. The van der Waals surface area contributed by atoms with E-state index in [0.717, 1.165) is 12.8 Å². The van der Waals surface area contributed by atoms with Crippen LogP contribution in [0.1, 0.15) is 50.1 Å². The zero-order valence-corrected chi connectivity index (χ0v) is 11.8. The topological polar surface area (TPSA) is 44.1 Å². The van der Waals surface area contributed by atoms with Crippen LogP contribution in [0, 0.1) is 5.92 Å². The maximum Gasteiger partial charge on any atom is 0.188 e. The molecule has 0 aliphatic carbocycles. The minimum atomic E-state index is -0.0818. The number of carbonyl (C=O) groups is 1. The maximum atomic E-state index is 12.6. The van der Waals surface area contributed by atoms with Gasteiger partial charge in [0.1, 0.15) is 5.69 Å². The number of hydrogen-bond donors (Lipinski definition) is 0. The molecule has 0 amide bonds. The smallest absolute Gasteiger partial charge is 0.188 e. The van der Waals surface area contributed by atoms with E-state index in [2.05, 4.69) is 5.10 Å². The van der Waals surface area contributed by atoms with Gasteiger partial charge in [0.2, 0.25) is 0 Å². The second-order valence-corrected chi connectivity index (χ2v) is 5.36. The maximum absolute atomic E-state index is 12.6. The Balaban J connectivity index is 2.31. The first-order valence-corrected chi connectivity index (χ1v) is 6.82. The van der Waals surface area contributed by atoms with Gasteiger partial charge in [0.25, 0.3) is 0 Å². The lowest BCUT2D eigenvalue weighted by molar-refractivity contribution is 0.0680. The fourth-order valence-corrected chi connectivity index (χ4v) is 2.71. The van der Waals surface area contributed by atoms with Crippen molar-refractivity contribution < 1.29 is 9.53 Å². The van der Waals surface area contributed by atoms with Gasteiger partial charge in [0, 0.05) is 12.6 Å². The normalized spacial score (nSPS) is 23.8. The van der Waals surface area contributed by atoms with E-state index in [1.807, 2.05) is 20.8 Å². The van der Waals surface area contributed by atoms with Crippen LogP contribution in [0.4, 0.5) is 0 Å². The summed E-state index contributed by atoms with van der Waals surface area (Å²) in [5.41, 5.74) is 0.528. The SMILES string of the molecule is CCC1OCCC1C(=O)c1c(Cl)cnn1C(C)C. The van der Waals surface area contributed by atoms with Gasteiger partial charge in [0.05, 0.1) is 23.2 Å². The molecule has 0 spiro atoms. The first-order valence-electron chi connectivity index (χ1n) is 6.45. The quantitative estimate of drug-likeness (QED) is 0.790. The largest absolute Gasteiger partial charge is 0.377 e. The van der Waals surface area contributed by atoms with Gasteiger partial charge in [-0.05, 0) is 26.7 Å². The first-order chi connectivity index (χ1) is 8.56. The van der Waals surface area contributed by atoms with Crippen molar-refractivity contribution in [3.8, 4) is 0 Å². The van der Waals surface area contributed by atoms with Crippen LogP contribution in [0.5, 0.6) is 0 Å². The molecule has 1 aliphatic heterocycles. The zero-order chi connectivity index (χ0) is 13.3. The van der Waals surface area contributed by atoms with Gasteiger partial charge in [-0.15, -0.1) is 0 Å². The molecule has 0 bridgehead atoms. The molecular weight excluding hydrogens is 252 g/mol. The van der Waals surface area contributed by atoms with Crippen LogP contribution in [-0.2, 0) is 4.74 Å². The summed E-state index contributed by atoms with van der Waals surface area (Å²) in [5, 5.41) is 4.62. The van der Waals surface area contributed by atoms with Crippen LogP contribution >= 0.6 is 11.6 Å². The van der Waals surface area contributed by atoms with Crippen molar-refractivity contribution in [2.24, 2.45) is 5.92 Å². The summed E-state index contributed by atoms with van der Waals surface area (Å²) in [6.07, 6.45) is 3.19. The van der Waals surface area contributed by atoms with Crippen molar-refractivity contribution in [3.05, 3.63) is 16.9 Å². The third-order valence-electron chi connectivity index (χ3n) is 3.42. The molecule has 2 heterocycles. The van der Waals surface area contributed by atoms with Crippen LogP contribution in [0.3, 0.4) is 0 Å². The predicted molar refractivity (Wildman–Crippen MR) is 70.1 cm³/mol. The standard InChI is InChI=1S/C13H19ClN2O2/c1-4-11-9(5-6-18-11)13(17)12-10(14)7-15-16(12)8(2)3/h7-9,11H,4-6H2,1-3H3. The lowest BCUT2D eigenvalue weighted by atomic mass is 9.93. The molecule has 0 aromatic carbocycles. The lowest BCUT2D eigenvalue weighted by Crippen LogP contribution is -2.26. The van der Waals surface area contributed by atoms with Gasteiger partial charge in [-0.2, -0.15) is 5.10 Å². The summed E-state index contributed by atoms with van der Waals surface area (Å²) in [6, 6.07) is 0.124. The summed E-state index contributed by atoms with van der Waals surface area (Å²) < 4.78 is 7.28. The van der Waals surface area contributed by atoms with Crippen molar-refractivity contribution in [2.45, 2.75) is 45.8 Å². The second-order valence-electron chi connectivity index (χ2n) is 4.96. The number of Topliss-reactive ketones (excluding diaryl/α,β-unsaturated/α-hetero) is 1. The Morgan fingerprint density at radius 2 is 2.39 bits per heavy atom. The number of rotatable bonds is 4. The number of halogens is 1. The van der Waals surface area contributed by atoms with E-state index in [-0.39, 0.29) is 23.8 Å². The number of nitrogens with zero attached hydrogens (tertiary/aromatic N) is 2. The Hall–Kier alpha value is -0.870. The second kappa shape index (κ2) is 5.41. The van der Waals surface area contributed by atoms with Gasteiger partial charge in [-0.1, -0.05) is 18.5 Å². The lowest BCUT2D eigenvalue weighted by Gasteiger charge is -2.17. The van der Waals surface area contributed by atoms with E-state index in [9.17, 15) is 4.79 Å². The Morgan fingerprint density at radius 3 is 3.00 bits per heavy atom. The van der Waals surface area contributed by atoms with Crippen molar-refractivity contribution in [2.75, 3.05) is 6.61 Å². The number of ketones is 1. The van der Waals surface area contributed by atoms with E-state index in [1.54, 1.807) is 10.9 Å². The van der Waals surface area contributed by atoms with Crippen molar-refractivity contribution in [1.29, 1.82) is 0 Å². The van der Waals surface area contributed by atoms with Crippen molar-refractivity contribution >= 4 is 17.4 Å². The van der Waals surface area contributed by atoms with Crippen molar-refractivity contribution in [3.63, 3.8) is 0 Å². The average Bonchev–Trinajstić information content (AvgIpc) is 2.93. The molecule has 0 N–H and O–H groups in total.